The zero-order chi connectivity index (χ0) is 16.6. The molecule has 5 heteroatoms. The van der Waals surface area contributed by atoms with Gasteiger partial charge in [-0.05, 0) is 30.4 Å². The summed E-state index contributed by atoms with van der Waals surface area (Å²) >= 11 is 1.85. The molecule has 0 radical (unpaired) electrons. The lowest BCUT2D eigenvalue weighted by Crippen LogP contribution is -2.37. The number of hydrogen-bond donors (Lipinski definition) is 2. The summed E-state index contributed by atoms with van der Waals surface area (Å²) in [6, 6.07) is 18.7. The number of aliphatic imine (C=N–C) groups is 1. The third-order valence-electron chi connectivity index (χ3n) is 3.88. The van der Waals surface area contributed by atoms with Crippen LogP contribution in [0, 0.1) is 0 Å². The average molecular weight is 341 g/mol. The van der Waals surface area contributed by atoms with Crippen molar-refractivity contribution in [1.82, 2.24) is 5.32 Å². The zero-order valence-corrected chi connectivity index (χ0v) is 14.5. The molecule has 1 aliphatic heterocycles. The highest BCUT2D eigenvalue weighted by Crippen LogP contribution is 2.31. The predicted octanol–water partition coefficient (Wildman–Crippen LogP) is 3.60. The molecule has 0 aromatic heterocycles. The number of nitrogens with one attached hydrogen (secondary N) is 1. The fourth-order valence-electron chi connectivity index (χ4n) is 2.69. The molecule has 0 saturated heterocycles. The number of ether oxygens (including phenoxy) is 1. The summed E-state index contributed by atoms with van der Waals surface area (Å²) < 4.78 is 5.67. The van der Waals surface area contributed by atoms with Gasteiger partial charge in [0.2, 0.25) is 0 Å². The molecule has 2 aromatic rings. The van der Waals surface area contributed by atoms with Crippen LogP contribution < -0.4 is 15.8 Å². The molecular formula is C19H23N3OS. The predicted molar refractivity (Wildman–Crippen MR) is 101 cm³/mol. The molecule has 0 bridgehead atoms. The van der Waals surface area contributed by atoms with Crippen LogP contribution in [-0.4, -0.2) is 24.9 Å². The van der Waals surface area contributed by atoms with Gasteiger partial charge in [-0.2, -0.15) is 0 Å². The lowest BCUT2D eigenvalue weighted by atomic mass is 10.0. The van der Waals surface area contributed by atoms with E-state index in [1.165, 1.54) is 4.90 Å². The first-order chi connectivity index (χ1) is 11.8. The van der Waals surface area contributed by atoms with Gasteiger partial charge in [0.1, 0.15) is 5.75 Å². The smallest absolute Gasteiger partial charge is 0.189 e. The molecule has 0 aliphatic carbocycles. The van der Waals surface area contributed by atoms with Crippen LogP contribution in [0.2, 0.25) is 0 Å². The van der Waals surface area contributed by atoms with E-state index in [9.17, 15) is 0 Å². The molecule has 3 rings (SSSR count). The molecule has 0 saturated carbocycles. The molecule has 3 N–H and O–H groups in total. The van der Waals surface area contributed by atoms with Gasteiger partial charge in [0.25, 0.3) is 0 Å². The molecule has 0 amide bonds. The maximum Gasteiger partial charge on any atom is 0.189 e. The van der Waals surface area contributed by atoms with Gasteiger partial charge in [0, 0.05) is 23.4 Å². The monoisotopic (exact) mass is 341 g/mol. The van der Waals surface area contributed by atoms with Gasteiger partial charge in [-0.15, -0.1) is 11.8 Å². The second-order valence-electron chi connectivity index (χ2n) is 5.65. The van der Waals surface area contributed by atoms with Gasteiger partial charge in [-0.3, -0.25) is 4.99 Å². The van der Waals surface area contributed by atoms with E-state index in [-0.39, 0.29) is 6.04 Å². The van der Waals surface area contributed by atoms with Crippen molar-refractivity contribution < 1.29 is 4.74 Å². The lowest BCUT2D eigenvalue weighted by Gasteiger charge is -2.26. The normalized spacial score (nSPS) is 17.0. The number of para-hydroxylation sites is 1. The van der Waals surface area contributed by atoms with Crippen LogP contribution >= 0.6 is 11.8 Å². The van der Waals surface area contributed by atoms with Crippen LogP contribution in [0.15, 0.2) is 64.5 Å². The average Bonchev–Trinajstić information content (AvgIpc) is 2.63. The summed E-state index contributed by atoms with van der Waals surface area (Å²) in [5.41, 5.74) is 7.20. The molecule has 0 spiro atoms. The molecule has 1 heterocycles. The molecule has 24 heavy (non-hydrogen) atoms. The molecule has 1 atom stereocenters. The second kappa shape index (κ2) is 8.64. The Bertz CT molecular complexity index is 675. The number of guanidine groups is 1. The van der Waals surface area contributed by atoms with Crippen LogP contribution in [0.1, 0.15) is 24.4 Å². The Kier molecular flexibility index (Phi) is 6.01. The highest BCUT2D eigenvalue weighted by Gasteiger charge is 2.20. The topological polar surface area (TPSA) is 59.6 Å². The first-order valence-electron chi connectivity index (χ1n) is 8.29. The molecule has 1 unspecified atom stereocenters. The van der Waals surface area contributed by atoms with Crippen LogP contribution in [0.3, 0.4) is 0 Å². The minimum absolute atomic E-state index is 0.178. The van der Waals surface area contributed by atoms with E-state index >= 15 is 0 Å². The number of hydrogen-bond acceptors (Lipinski definition) is 3. The number of nitrogens with zero attached hydrogens (tertiary/aromatic N) is 1. The Morgan fingerprint density at radius 1 is 1.17 bits per heavy atom. The Morgan fingerprint density at radius 2 is 1.96 bits per heavy atom. The molecule has 0 fully saturated rings. The highest BCUT2D eigenvalue weighted by molar-refractivity contribution is 7.99. The SMILES string of the molecule is NC(=NCCCSc1ccccc1)NC1CCOc2ccccc21. The van der Waals surface area contributed by atoms with Crippen LogP contribution in [-0.2, 0) is 0 Å². The standard InChI is InChI=1S/C19H23N3OS/c20-19(21-12-6-14-24-15-7-2-1-3-8-15)22-17-11-13-23-18-10-5-4-9-16(17)18/h1-5,7-10,17H,6,11-14H2,(H3,20,21,22). The third kappa shape index (κ3) is 4.68. The van der Waals surface area contributed by atoms with E-state index in [2.05, 4.69) is 40.6 Å². The van der Waals surface area contributed by atoms with Crippen molar-refractivity contribution in [1.29, 1.82) is 0 Å². The van der Waals surface area contributed by atoms with Gasteiger partial charge in [-0.25, -0.2) is 0 Å². The van der Waals surface area contributed by atoms with Crippen molar-refractivity contribution in [3.05, 3.63) is 60.2 Å². The Balaban J connectivity index is 1.44. The van der Waals surface area contributed by atoms with E-state index < -0.39 is 0 Å². The van der Waals surface area contributed by atoms with E-state index in [0.717, 1.165) is 36.5 Å². The summed E-state index contributed by atoms with van der Waals surface area (Å²) in [6.07, 6.45) is 1.91. The summed E-state index contributed by atoms with van der Waals surface area (Å²) in [5, 5.41) is 3.32. The highest BCUT2D eigenvalue weighted by atomic mass is 32.2. The van der Waals surface area contributed by atoms with Crippen molar-refractivity contribution >= 4 is 17.7 Å². The van der Waals surface area contributed by atoms with Crippen molar-refractivity contribution in [3.8, 4) is 5.75 Å². The van der Waals surface area contributed by atoms with Gasteiger partial charge in [-0.1, -0.05) is 36.4 Å². The van der Waals surface area contributed by atoms with Gasteiger partial charge in [0.15, 0.2) is 5.96 Å². The van der Waals surface area contributed by atoms with Gasteiger partial charge < -0.3 is 15.8 Å². The van der Waals surface area contributed by atoms with Crippen LogP contribution in [0.5, 0.6) is 5.75 Å². The fraction of sp³-hybridized carbons (Fsp3) is 0.316. The van der Waals surface area contributed by atoms with Crippen LogP contribution in [0.4, 0.5) is 0 Å². The summed E-state index contributed by atoms with van der Waals surface area (Å²) in [5.74, 6) is 2.50. The Labute approximate surface area is 147 Å². The van der Waals surface area contributed by atoms with Crippen molar-refractivity contribution in [3.63, 3.8) is 0 Å². The molecular weight excluding hydrogens is 318 g/mol. The second-order valence-corrected chi connectivity index (χ2v) is 6.82. The van der Waals surface area contributed by atoms with Crippen LogP contribution in [0.25, 0.3) is 0 Å². The van der Waals surface area contributed by atoms with Crippen molar-refractivity contribution in [2.45, 2.75) is 23.8 Å². The van der Waals surface area contributed by atoms with E-state index in [1.807, 2.05) is 36.0 Å². The minimum Gasteiger partial charge on any atom is -0.493 e. The number of rotatable bonds is 6. The number of thioether (sulfide) groups is 1. The first kappa shape index (κ1) is 16.7. The zero-order valence-electron chi connectivity index (χ0n) is 13.7. The van der Waals surface area contributed by atoms with Crippen molar-refractivity contribution in [2.24, 2.45) is 10.7 Å². The van der Waals surface area contributed by atoms with E-state index in [1.54, 1.807) is 0 Å². The largest absolute Gasteiger partial charge is 0.493 e. The molecule has 126 valence electrons. The molecule has 2 aromatic carbocycles. The summed E-state index contributed by atoms with van der Waals surface area (Å²) in [7, 11) is 0. The molecule has 1 aliphatic rings. The number of benzene rings is 2. The number of nitrogens with two attached hydrogens (primary N) is 1. The number of fused-ring (bicyclic) bond motifs is 1. The lowest BCUT2D eigenvalue weighted by molar-refractivity contribution is 0.262. The Morgan fingerprint density at radius 3 is 2.83 bits per heavy atom. The van der Waals surface area contributed by atoms with E-state index in [0.29, 0.717) is 12.6 Å². The first-order valence-corrected chi connectivity index (χ1v) is 9.27. The van der Waals surface area contributed by atoms with Gasteiger partial charge >= 0.3 is 0 Å². The summed E-state index contributed by atoms with van der Waals surface area (Å²) in [4.78, 5) is 5.75. The Hall–Kier alpha value is -2.14. The van der Waals surface area contributed by atoms with Gasteiger partial charge in [0.05, 0.1) is 12.6 Å². The maximum absolute atomic E-state index is 6.05. The molecule has 4 nitrogen and oxygen atoms in total. The minimum atomic E-state index is 0.178. The van der Waals surface area contributed by atoms with E-state index in [4.69, 9.17) is 10.5 Å². The summed E-state index contributed by atoms with van der Waals surface area (Å²) in [6.45, 7) is 1.44. The maximum atomic E-state index is 6.05. The third-order valence-corrected chi connectivity index (χ3v) is 4.98. The fourth-order valence-corrected chi connectivity index (χ4v) is 3.55. The van der Waals surface area contributed by atoms with Crippen molar-refractivity contribution in [2.75, 3.05) is 18.9 Å². The quantitative estimate of drug-likeness (QED) is 0.365.